The van der Waals surface area contributed by atoms with Crippen molar-refractivity contribution in [2.24, 2.45) is 0 Å². The predicted molar refractivity (Wildman–Crippen MR) is 73.8 cm³/mol. The van der Waals surface area contributed by atoms with Crippen molar-refractivity contribution in [2.45, 2.75) is 44.3 Å². The van der Waals surface area contributed by atoms with Gasteiger partial charge in [-0.25, -0.2) is 13.2 Å². The molecule has 1 saturated heterocycles. The van der Waals surface area contributed by atoms with Crippen LogP contribution in [0, 0.1) is 6.92 Å². The van der Waals surface area contributed by atoms with E-state index in [4.69, 9.17) is 14.3 Å². The van der Waals surface area contributed by atoms with Crippen molar-refractivity contribution in [1.82, 2.24) is 4.31 Å². The number of hydrogen-bond donors (Lipinski definition) is 1. The largest absolute Gasteiger partial charge is 0.475 e. The summed E-state index contributed by atoms with van der Waals surface area (Å²) in [6.07, 6.45) is -0.241. The van der Waals surface area contributed by atoms with Gasteiger partial charge < -0.3 is 14.3 Å². The normalized spacial score (nSPS) is 23.1. The van der Waals surface area contributed by atoms with E-state index in [-0.39, 0.29) is 35.6 Å². The molecule has 0 bridgehead atoms. The minimum Gasteiger partial charge on any atom is -0.475 e. The lowest BCUT2D eigenvalue weighted by Gasteiger charge is -2.40. The van der Waals surface area contributed by atoms with Crippen molar-refractivity contribution in [3.05, 3.63) is 17.6 Å². The van der Waals surface area contributed by atoms with Crippen molar-refractivity contribution >= 4 is 16.0 Å². The third-order valence-electron chi connectivity index (χ3n) is 3.24. The van der Waals surface area contributed by atoms with Crippen LogP contribution in [0.4, 0.5) is 0 Å². The number of nitrogens with zero attached hydrogens (tertiary/aromatic N) is 1. The summed E-state index contributed by atoms with van der Waals surface area (Å²) in [5.74, 6) is -1.61. The van der Waals surface area contributed by atoms with Crippen molar-refractivity contribution in [3.8, 4) is 0 Å². The number of carbonyl (C=O) groups is 1. The van der Waals surface area contributed by atoms with Crippen LogP contribution in [0.3, 0.4) is 0 Å². The fraction of sp³-hybridized carbons (Fsp3) is 0.615. The lowest BCUT2D eigenvalue weighted by atomic mass is 10.1. The number of morpholine rings is 1. The highest BCUT2D eigenvalue weighted by molar-refractivity contribution is 7.89. The summed E-state index contributed by atoms with van der Waals surface area (Å²) in [6.45, 7) is 7.29. The molecule has 7 nitrogen and oxygen atoms in total. The number of carboxylic acids is 1. The van der Waals surface area contributed by atoms with E-state index in [2.05, 4.69) is 0 Å². The van der Waals surface area contributed by atoms with E-state index < -0.39 is 21.6 Å². The fourth-order valence-electron chi connectivity index (χ4n) is 2.54. The van der Waals surface area contributed by atoms with Crippen LogP contribution in [0.25, 0.3) is 0 Å². The second-order valence-electron chi connectivity index (χ2n) is 5.82. The smallest absolute Gasteiger partial charge is 0.371 e. The van der Waals surface area contributed by atoms with E-state index in [9.17, 15) is 13.2 Å². The van der Waals surface area contributed by atoms with Gasteiger partial charge in [0.25, 0.3) is 0 Å². The molecule has 1 N–H and O–H groups in total. The molecule has 118 valence electrons. The average molecular weight is 317 g/mol. The zero-order chi connectivity index (χ0) is 16.0. The Morgan fingerprint density at radius 2 is 2.10 bits per heavy atom. The Bertz CT molecular complexity index is 660. The summed E-state index contributed by atoms with van der Waals surface area (Å²) in [7, 11) is -3.81. The Morgan fingerprint density at radius 3 is 2.57 bits per heavy atom. The maximum absolute atomic E-state index is 12.7. The van der Waals surface area contributed by atoms with Gasteiger partial charge in [-0.05, 0) is 27.7 Å². The van der Waals surface area contributed by atoms with Crippen molar-refractivity contribution in [1.29, 1.82) is 0 Å². The van der Waals surface area contributed by atoms with Crippen molar-refractivity contribution in [3.63, 3.8) is 0 Å². The van der Waals surface area contributed by atoms with Gasteiger partial charge in [0.05, 0.1) is 11.7 Å². The van der Waals surface area contributed by atoms with E-state index in [0.29, 0.717) is 0 Å². The van der Waals surface area contributed by atoms with Gasteiger partial charge in [0.1, 0.15) is 10.7 Å². The van der Waals surface area contributed by atoms with E-state index in [1.807, 2.05) is 13.8 Å². The number of aryl methyl sites for hydroxylation is 1. The lowest BCUT2D eigenvalue weighted by molar-refractivity contribution is -0.109. The minimum absolute atomic E-state index is 0.0735. The monoisotopic (exact) mass is 317 g/mol. The molecule has 0 spiro atoms. The zero-order valence-corrected chi connectivity index (χ0v) is 13.2. The van der Waals surface area contributed by atoms with Crippen molar-refractivity contribution in [2.75, 3.05) is 13.1 Å². The molecule has 8 heteroatoms. The highest BCUT2D eigenvalue weighted by Gasteiger charge is 2.39. The van der Waals surface area contributed by atoms with Crippen molar-refractivity contribution < 1.29 is 27.5 Å². The standard InChI is InChI=1S/C13H19NO6S/c1-8-6-14(7-13(3,4)20-8)21(17,18)11-5-10(12(15)16)19-9(11)2/h5,8H,6-7H2,1-4H3,(H,15,16). The average Bonchev–Trinajstić information content (AvgIpc) is 2.69. The molecule has 2 rings (SSSR count). The second-order valence-corrected chi connectivity index (χ2v) is 7.73. The van der Waals surface area contributed by atoms with Crippen LogP contribution < -0.4 is 0 Å². The first-order chi connectivity index (χ1) is 9.53. The quantitative estimate of drug-likeness (QED) is 0.907. The summed E-state index contributed by atoms with van der Waals surface area (Å²) in [6, 6.07) is 1.06. The molecule has 0 aromatic carbocycles. The first-order valence-electron chi connectivity index (χ1n) is 6.54. The van der Waals surface area contributed by atoms with E-state index in [1.54, 1.807) is 6.92 Å². The molecular weight excluding hydrogens is 298 g/mol. The Morgan fingerprint density at radius 1 is 1.48 bits per heavy atom. The first kappa shape index (κ1) is 16.0. The third kappa shape index (κ3) is 3.12. The maximum atomic E-state index is 12.7. The maximum Gasteiger partial charge on any atom is 0.371 e. The van der Waals surface area contributed by atoms with Crippen LogP contribution in [-0.4, -0.2) is 48.6 Å². The molecule has 2 heterocycles. The van der Waals surface area contributed by atoms with Gasteiger partial charge in [-0.1, -0.05) is 0 Å². The Balaban J connectivity index is 2.40. The van der Waals surface area contributed by atoms with Crippen LogP contribution in [0.5, 0.6) is 0 Å². The Labute approximate surface area is 123 Å². The number of ether oxygens (including phenoxy) is 1. The summed E-state index contributed by atoms with van der Waals surface area (Å²) in [5.41, 5.74) is -0.599. The number of furan rings is 1. The minimum atomic E-state index is -3.81. The van der Waals surface area contributed by atoms with Gasteiger partial charge in [0, 0.05) is 19.2 Å². The molecule has 1 aliphatic heterocycles. The van der Waals surface area contributed by atoms with Crippen LogP contribution in [0.15, 0.2) is 15.4 Å². The summed E-state index contributed by atoms with van der Waals surface area (Å²) in [5, 5.41) is 8.90. The number of hydrogen-bond acceptors (Lipinski definition) is 5. The molecule has 0 aliphatic carbocycles. The third-order valence-corrected chi connectivity index (χ3v) is 5.16. The fourth-order valence-corrected chi connectivity index (χ4v) is 4.37. The SMILES string of the molecule is Cc1oc(C(=O)O)cc1S(=O)(=O)N1CC(C)OC(C)(C)C1. The van der Waals surface area contributed by atoms with E-state index in [0.717, 1.165) is 6.07 Å². The Kier molecular flexibility index (Phi) is 3.90. The van der Waals surface area contributed by atoms with Gasteiger partial charge in [0.15, 0.2) is 0 Å². The molecule has 1 atom stereocenters. The topological polar surface area (TPSA) is 97.0 Å². The van der Waals surface area contributed by atoms with Gasteiger partial charge >= 0.3 is 5.97 Å². The second kappa shape index (κ2) is 5.11. The molecule has 1 aromatic heterocycles. The van der Waals surface area contributed by atoms with E-state index in [1.165, 1.54) is 11.2 Å². The van der Waals surface area contributed by atoms with Gasteiger partial charge in [-0.15, -0.1) is 0 Å². The summed E-state index contributed by atoms with van der Waals surface area (Å²) < 4.78 is 37.4. The molecule has 0 saturated carbocycles. The number of carboxylic acid groups (broad SMARTS) is 1. The summed E-state index contributed by atoms with van der Waals surface area (Å²) in [4.78, 5) is 10.8. The first-order valence-corrected chi connectivity index (χ1v) is 7.98. The van der Waals surface area contributed by atoms with Gasteiger partial charge in [0.2, 0.25) is 15.8 Å². The highest BCUT2D eigenvalue weighted by atomic mass is 32.2. The van der Waals surface area contributed by atoms with Crippen LogP contribution in [-0.2, 0) is 14.8 Å². The Hall–Kier alpha value is -1.38. The molecule has 1 aliphatic rings. The molecule has 21 heavy (non-hydrogen) atoms. The number of sulfonamides is 1. The van der Waals surface area contributed by atoms with Crippen LogP contribution >= 0.6 is 0 Å². The molecule has 1 fully saturated rings. The molecule has 1 unspecified atom stereocenters. The lowest BCUT2D eigenvalue weighted by Crippen LogP contribution is -2.53. The van der Waals surface area contributed by atoms with Gasteiger partial charge in [-0.2, -0.15) is 4.31 Å². The van der Waals surface area contributed by atoms with E-state index >= 15 is 0 Å². The molecule has 1 aromatic rings. The molecule has 0 radical (unpaired) electrons. The predicted octanol–water partition coefficient (Wildman–Crippen LogP) is 1.47. The van der Waals surface area contributed by atoms with Crippen LogP contribution in [0.2, 0.25) is 0 Å². The summed E-state index contributed by atoms with van der Waals surface area (Å²) >= 11 is 0. The number of rotatable bonds is 3. The molecule has 0 amide bonds. The zero-order valence-electron chi connectivity index (χ0n) is 12.4. The highest BCUT2D eigenvalue weighted by Crippen LogP contribution is 2.29. The number of aromatic carboxylic acids is 1. The molecular formula is C13H19NO6S. The van der Waals surface area contributed by atoms with Crippen LogP contribution in [0.1, 0.15) is 37.1 Å². The van der Waals surface area contributed by atoms with Gasteiger partial charge in [-0.3, -0.25) is 0 Å².